The van der Waals surface area contributed by atoms with Gasteiger partial charge < -0.3 is 10.6 Å². The van der Waals surface area contributed by atoms with Crippen LogP contribution in [0.1, 0.15) is 5.56 Å². The maximum Gasteiger partial charge on any atom is 0.245 e. The van der Waals surface area contributed by atoms with Crippen LogP contribution in [0.3, 0.4) is 0 Å². The van der Waals surface area contributed by atoms with Crippen molar-refractivity contribution in [2.24, 2.45) is 5.73 Å². The van der Waals surface area contributed by atoms with Gasteiger partial charge in [-0.25, -0.2) is 4.39 Å². The third kappa shape index (κ3) is 1.28. The van der Waals surface area contributed by atoms with Crippen LogP contribution in [0.4, 0.5) is 10.1 Å². The first-order chi connectivity index (χ1) is 6.59. The summed E-state index contributed by atoms with van der Waals surface area (Å²) >= 11 is 0. The van der Waals surface area contributed by atoms with E-state index in [1.54, 1.807) is 19.1 Å². The zero-order valence-corrected chi connectivity index (χ0v) is 7.83. The predicted octanol–water partition coefficient (Wildman–Crippen LogP) is 0.808. The van der Waals surface area contributed by atoms with Gasteiger partial charge in [0.25, 0.3) is 0 Å². The van der Waals surface area contributed by atoms with Gasteiger partial charge in [0.1, 0.15) is 11.9 Å². The molecule has 0 aliphatic carbocycles. The maximum atomic E-state index is 13.2. The van der Waals surface area contributed by atoms with Crippen LogP contribution in [0.5, 0.6) is 0 Å². The molecule has 0 bridgehead atoms. The lowest BCUT2D eigenvalue weighted by atomic mass is 10.1. The molecule has 1 heterocycles. The van der Waals surface area contributed by atoms with E-state index in [9.17, 15) is 9.18 Å². The summed E-state index contributed by atoms with van der Waals surface area (Å²) < 4.78 is 13.2. The summed E-state index contributed by atoms with van der Waals surface area (Å²) in [6.45, 7) is 2.16. The first-order valence-corrected chi connectivity index (χ1v) is 4.42. The van der Waals surface area contributed by atoms with Gasteiger partial charge in [-0.2, -0.15) is 0 Å². The highest BCUT2D eigenvalue weighted by molar-refractivity contribution is 6.03. The van der Waals surface area contributed by atoms with Crippen LogP contribution in [0.2, 0.25) is 0 Å². The fourth-order valence-corrected chi connectivity index (χ4v) is 1.43. The summed E-state index contributed by atoms with van der Waals surface area (Å²) in [6, 6.07) is 4.32. The minimum atomic E-state index is -0.417. The molecule has 1 aliphatic rings. The maximum absolute atomic E-state index is 13.2. The minimum absolute atomic E-state index is 0.145. The Morgan fingerprint density at radius 3 is 2.79 bits per heavy atom. The quantitative estimate of drug-likeness (QED) is 0.672. The summed E-state index contributed by atoms with van der Waals surface area (Å²) in [6.07, 6.45) is 0. The molecule has 1 aliphatic heterocycles. The molecule has 1 aromatic rings. The van der Waals surface area contributed by atoms with Crippen LogP contribution in [0.25, 0.3) is 0 Å². The van der Waals surface area contributed by atoms with Gasteiger partial charge in [0.05, 0.1) is 6.54 Å². The molecule has 0 spiro atoms. The number of nitrogens with two attached hydrogens (primary N) is 1. The van der Waals surface area contributed by atoms with Crippen molar-refractivity contribution in [3.8, 4) is 0 Å². The Labute approximate surface area is 81.3 Å². The summed E-state index contributed by atoms with van der Waals surface area (Å²) in [5.41, 5.74) is 6.59. The number of rotatable bonds is 1. The van der Waals surface area contributed by atoms with Crippen molar-refractivity contribution in [1.82, 2.24) is 0 Å². The Morgan fingerprint density at radius 2 is 2.29 bits per heavy atom. The number of hydrogen-bond donors (Lipinski definition) is 1. The van der Waals surface area contributed by atoms with Gasteiger partial charge in [0.2, 0.25) is 5.91 Å². The lowest BCUT2D eigenvalue weighted by molar-refractivity contribution is -0.123. The molecule has 0 saturated carbocycles. The first-order valence-electron chi connectivity index (χ1n) is 4.42. The molecule has 1 unspecified atom stereocenters. The molecule has 0 radical (unpaired) electrons. The lowest BCUT2D eigenvalue weighted by Gasteiger charge is -2.36. The van der Waals surface area contributed by atoms with E-state index in [-0.39, 0.29) is 11.7 Å². The number of amides is 1. The van der Waals surface area contributed by atoms with Gasteiger partial charge in [0, 0.05) is 5.69 Å². The Balaban J connectivity index is 2.26. The molecule has 14 heavy (non-hydrogen) atoms. The van der Waals surface area contributed by atoms with Gasteiger partial charge in [0.15, 0.2) is 0 Å². The molecular weight excluding hydrogens is 183 g/mol. The normalized spacial score (nSPS) is 20.9. The zero-order valence-electron chi connectivity index (χ0n) is 7.83. The molecule has 74 valence electrons. The molecule has 2 rings (SSSR count). The van der Waals surface area contributed by atoms with Crippen LogP contribution in [0.15, 0.2) is 18.2 Å². The zero-order chi connectivity index (χ0) is 10.3. The number of hydrogen-bond acceptors (Lipinski definition) is 2. The Morgan fingerprint density at radius 1 is 1.57 bits per heavy atom. The van der Waals surface area contributed by atoms with E-state index in [2.05, 4.69) is 0 Å². The molecular formula is C10H11FN2O. The summed E-state index contributed by atoms with van der Waals surface area (Å²) in [7, 11) is 0. The van der Waals surface area contributed by atoms with Crippen LogP contribution in [-0.4, -0.2) is 18.5 Å². The van der Waals surface area contributed by atoms with Crippen molar-refractivity contribution in [2.45, 2.75) is 13.0 Å². The van der Waals surface area contributed by atoms with Crippen LogP contribution < -0.4 is 10.6 Å². The monoisotopic (exact) mass is 194 g/mol. The molecule has 2 N–H and O–H groups in total. The van der Waals surface area contributed by atoms with Gasteiger partial charge >= 0.3 is 0 Å². The molecule has 1 amide bonds. The van der Waals surface area contributed by atoms with E-state index in [0.29, 0.717) is 17.8 Å². The van der Waals surface area contributed by atoms with Crippen molar-refractivity contribution in [3.63, 3.8) is 0 Å². The SMILES string of the molecule is Cc1ccc(N2CC(N)C2=O)cc1F. The predicted molar refractivity (Wildman–Crippen MR) is 51.5 cm³/mol. The van der Waals surface area contributed by atoms with Gasteiger partial charge in [-0.3, -0.25) is 4.79 Å². The van der Waals surface area contributed by atoms with Gasteiger partial charge in [-0.05, 0) is 24.6 Å². The third-order valence-electron chi connectivity index (χ3n) is 2.43. The van der Waals surface area contributed by atoms with Crippen molar-refractivity contribution >= 4 is 11.6 Å². The summed E-state index contributed by atoms with van der Waals surface area (Å²) in [4.78, 5) is 12.7. The van der Waals surface area contributed by atoms with Gasteiger partial charge in [-0.15, -0.1) is 0 Å². The van der Waals surface area contributed by atoms with Crippen LogP contribution in [0, 0.1) is 12.7 Å². The summed E-state index contributed by atoms with van der Waals surface area (Å²) in [5, 5.41) is 0. The first kappa shape index (κ1) is 9.15. The Kier molecular flexibility index (Phi) is 2.00. The number of β-lactam (4-membered cyclic amide) rings is 1. The number of carbonyl (C=O) groups is 1. The fraction of sp³-hybridized carbons (Fsp3) is 0.300. The van der Waals surface area contributed by atoms with Crippen molar-refractivity contribution < 1.29 is 9.18 Å². The van der Waals surface area contributed by atoms with Crippen molar-refractivity contribution in [2.75, 3.05) is 11.4 Å². The number of halogens is 1. The van der Waals surface area contributed by atoms with Crippen LogP contribution >= 0.6 is 0 Å². The molecule has 1 aromatic carbocycles. The van der Waals surface area contributed by atoms with Crippen molar-refractivity contribution in [3.05, 3.63) is 29.6 Å². The second-order valence-corrected chi connectivity index (χ2v) is 3.49. The number of benzene rings is 1. The highest BCUT2D eigenvalue weighted by Crippen LogP contribution is 2.23. The fourth-order valence-electron chi connectivity index (χ4n) is 1.43. The number of nitrogens with zero attached hydrogens (tertiary/aromatic N) is 1. The van der Waals surface area contributed by atoms with Gasteiger partial charge in [-0.1, -0.05) is 6.07 Å². The van der Waals surface area contributed by atoms with E-state index < -0.39 is 6.04 Å². The average Bonchev–Trinajstić information content (AvgIpc) is 2.18. The largest absolute Gasteiger partial charge is 0.318 e. The third-order valence-corrected chi connectivity index (χ3v) is 2.43. The molecule has 0 aromatic heterocycles. The molecule has 1 atom stereocenters. The van der Waals surface area contributed by atoms with Crippen LogP contribution in [-0.2, 0) is 4.79 Å². The second-order valence-electron chi connectivity index (χ2n) is 3.49. The van der Waals surface area contributed by atoms with E-state index in [4.69, 9.17) is 5.73 Å². The Bertz CT molecular complexity index is 392. The highest BCUT2D eigenvalue weighted by atomic mass is 19.1. The number of carbonyl (C=O) groups excluding carboxylic acids is 1. The van der Waals surface area contributed by atoms with Crippen molar-refractivity contribution in [1.29, 1.82) is 0 Å². The highest BCUT2D eigenvalue weighted by Gasteiger charge is 2.34. The molecule has 1 fully saturated rings. The smallest absolute Gasteiger partial charge is 0.245 e. The van der Waals surface area contributed by atoms with E-state index in [1.807, 2.05) is 0 Å². The molecule has 3 nitrogen and oxygen atoms in total. The van der Waals surface area contributed by atoms with E-state index in [0.717, 1.165) is 0 Å². The van der Waals surface area contributed by atoms with E-state index >= 15 is 0 Å². The number of aryl methyl sites for hydroxylation is 1. The molecule has 1 saturated heterocycles. The lowest BCUT2D eigenvalue weighted by Crippen LogP contribution is -2.61. The minimum Gasteiger partial charge on any atom is -0.318 e. The molecule has 4 heteroatoms. The second kappa shape index (κ2) is 3.06. The standard InChI is InChI=1S/C10H11FN2O/c1-6-2-3-7(4-8(6)11)13-5-9(12)10(13)14/h2-4,9H,5,12H2,1H3. The summed E-state index contributed by atoms with van der Waals surface area (Å²) in [5.74, 6) is -0.441. The Hall–Kier alpha value is -1.42. The van der Waals surface area contributed by atoms with E-state index in [1.165, 1.54) is 11.0 Å². The average molecular weight is 194 g/mol. The topological polar surface area (TPSA) is 46.3 Å². The number of anilines is 1.